The molecule has 2 aliphatic heterocycles. The third-order valence-corrected chi connectivity index (χ3v) is 8.40. The molecule has 7 atom stereocenters. The van der Waals surface area contributed by atoms with E-state index in [0.29, 0.717) is 6.04 Å². The summed E-state index contributed by atoms with van der Waals surface area (Å²) in [6, 6.07) is 8.84. The first-order chi connectivity index (χ1) is 19.2. The Morgan fingerprint density at radius 2 is 1.76 bits per heavy atom. The van der Waals surface area contributed by atoms with Gasteiger partial charge in [-0.15, -0.1) is 0 Å². The number of carbonyl (C=O) groups excluding carboxylic acids is 4. The highest BCUT2D eigenvalue weighted by Crippen LogP contribution is 2.39. The van der Waals surface area contributed by atoms with Crippen LogP contribution in [0.2, 0.25) is 25.7 Å². The lowest BCUT2D eigenvalue weighted by atomic mass is 9.88. The maximum absolute atomic E-state index is 13.3. The van der Waals surface area contributed by atoms with Crippen LogP contribution in [0.25, 0.3) is 0 Å². The van der Waals surface area contributed by atoms with E-state index in [0.717, 1.165) is 5.56 Å². The molecule has 2 fully saturated rings. The molecule has 1 amide bonds. The van der Waals surface area contributed by atoms with Gasteiger partial charge in [-0.1, -0.05) is 50.0 Å². The van der Waals surface area contributed by atoms with Crippen molar-refractivity contribution >= 4 is 31.9 Å². The van der Waals surface area contributed by atoms with Gasteiger partial charge in [0.15, 0.2) is 12.4 Å². The lowest BCUT2D eigenvalue weighted by Gasteiger charge is -2.48. The number of amides is 1. The van der Waals surface area contributed by atoms with Crippen molar-refractivity contribution in [3.05, 3.63) is 35.9 Å². The van der Waals surface area contributed by atoms with Gasteiger partial charge in [0.2, 0.25) is 5.91 Å². The zero-order valence-electron chi connectivity index (χ0n) is 24.7. The first-order valence-electron chi connectivity index (χ1n) is 13.6. The van der Waals surface area contributed by atoms with Crippen molar-refractivity contribution in [1.29, 1.82) is 0 Å². The lowest BCUT2D eigenvalue weighted by Crippen LogP contribution is -2.69. The zero-order chi connectivity index (χ0) is 30.4. The Hall–Kier alpha value is -2.84. The Morgan fingerprint density at radius 3 is 2.32 bits per heavy atom. The molecule has 3 rings (SSSR count). The summed E-state index contributed by atoms with van der Waals surface area (Å²) in [4.78, 5) is 50.2. The summed E-state index contributed by atoms with van der Waals surface area (Å²) in [5.74, 6) is -4.65. The number of hydrogen-bond acceptors (Lipinski definition) is 11. The third kappa shape index (κ3) is 8.82. The number of hydrogen-bond donors (Lipinski definition) is 1. The van der Waals surface area contributed by atoms with Crippen molar-refractivity contribution in [2.75, 3.05) is 20.3 Å². The van der Waals surface area contributed by atoms with E-state index in [1.807, 2.05) is 30.3 Å². The average molecular weight is 596 g/mol. The number of benzene rings is 1. The van der Waals surface area contributed by atoms with E-state index < -0.39 is 74.4 Å². The molecular weight excluding hydrogens is 554 g/mol. The number of esters is 3. The molecule has 0 spiro atoms. The van der Waals surface area contributed by atoms with Crippen LogP contribution in [0.4, 0.5) is 0 Å². The first kappa shape index (κ1) is 32.7. The molecule has 2 heterocycles. The Labute approximate surface area is 241 Å². The van der Waals surface area contributed by atoms with Crippen molar-refractivity contribution in [1.82, 2.24) is 5.32 Å². The van der Waals surface area contributed by atoms with Crippen LogP contribution >= 0.6 is 0 Å². The van der Waals surface area contributed by atoms with Crippen LogP contribution in [-0.4, -0.2) is 88.5 Å². The van der Waals surface area contributed by atoms with Gasteiger partial charge < -0.3 is 38.5 Å². The molecule has 1 aromatic carbocycles. The molecule has 0 aliphatic carbocycles. The molecule has 1 N–H and O–H groups in total. The highest BCUT2D eigenvalue weighted by Gasteiger charge is 2.59. The molecule has 12 nitrogen and oxygen atoms in total. The minimum atomic E-state index is -2.02. The van der Waals surface area contributed by atoms with Crippen LogP contribution in [0.3, 0.4) is 0 Å². The molecule has 13 heteroatoms. The fourth-order valence-electron chi connectivity index (χ4n) is 4.84. The van der Waals surface area contributed by atoms with E-state index in [2.05, 4.69) is 25.0 Å². The zero-order valence-corrected chi connectivity index (χ0v) is 25.7. The number of rotatable bonds is 11. The predicted octanol–water partition coefficient (Wildman–Crippen LogP) is 2.48. The monoisotopic (exact) mass is 595 g/mol. The summed E-state index contributed by atoms with van der Waals surface area (Å²) in [7, 11) is -0.413. The van der Waals surface area contributed by atoms with Gasteiger partial charge in [-0.2, -0.15) is 0 Å². The SMILES string of the molecule is COC(=O)[C@@]1(OCC[Si](C)(C)C)C[C@H](OC(C)=O)[C@@H](NC(C)=O)[C@H]([C@H](OC(C)=O)[C@H]2COC(c3ccccc3)O2)O1. The molecule has 1 unspecified atom stereocenters. The second kappa shape index (κ2) is 13.9. The smallest absolute Gasteiger partial charge is 0.366 e. The predicted molar refractivity (Wildman–Crippen MR) is 147 cm³/mol. The van der Waals surface area contributed by atoms with Crippen LogP contribution in [0.15, 0.2) is 30.3 Å². The first-order valence-corrected chi connectivity index (χ1v) is 17.3. The molecule has 2 saturated heterocycles. The molecule has 1 aromatic rings. The molecular formula is C28H41NO11Si. The number of carbonyl (C=O) groups is 4. The summed E-state index contributed by atoms with van der Waals surface area (Å²) in [6.07, 6.45) is -5.49. The summed E-state index contributed by atoms with van der Waals surface area (Å²) in [6.45, 7) is 10.3. The molecule has 0 radical (unpaired) electrons. The van der Waals surface area contributed by atoms with E-state index >= 15 is 0 Å². The second-order valence-corrected chi connectivity index (χ2v) is 17.0. The normalized spacial score (nSPS) is 28.8. The highest BCUT2D eigenvalue weighted by atomic mass is 28.3. The summed E-state index contributed by atoms with van der Waals surface area (Å²) >= 11 is 0. The molecule has 0 bridgehead atoms. The van der Waals surface area contributed by atoms with Crippen LogP contribution in [-0.2, 0) is 52.3 Å². The van der Waals surface area contributed by atoms with E-state index in [1.54, 1.807) is 0 Å². The van der Waals surface area contributed by atoms with Gasteiger partial charge in [0, 0.05) is 41.0 Å². The standard InChI is InChI=1S/C28H41NO11Si/c1-17(30)29-23-21(37-18(2)31)15-28(27(33)34-4,36-13-14-41(5,6)7)40-25(23)24(38-19(3)32)22-16-35-26(39-22)20-11-9-8-10-12-20/h8-12,21-26H,13-16H2,1-7H3,(H,29,30)/t21-,22+,23+,24+,25+,26?,28+/m0/s1. The largest absolute Gasteiger partial charge is 0.465 e. The van der Waals surface area contributed by atoms with Gasteiger partial charge in [0.05, 0.1) is 26.2 Å². The summed E-state index contributed by atoms with van der Waals surface area (Å²) in [5.41, 5.74) is 0.746. The quantitative estimate of drug-likeness (QED) is 0.229. The lowest BCUT2D eigenvalue weighted by molar-refractivity contribution is -0.312. The van der Waals surface area contributed by atoms with E-state index in [-0.39, 0.29) is 19.6 Å². The van der Waals surface area contributed by atoms with Gasteiger partial charge in [-0.25, -0.2) is 4.79 Å². The van der Waals surface area contributed by atoms with Gasteiger partial charge in [0.1, 0.15) is 18.3 Å². The maximum Gasteiger partial charge on any atom is 0.366 e. The fraction of sp³-hybridized carbons (Fsp3) is 0.643. The van der Waals surface area contributed by atoms with E-state index in [9.17, 15) is 19.2 Å². The molecule has 228 valence electrons. The van der Waals surface area contributed by atoms with Gasteiger partial charge in [0.25, 0.3) is 5.79 Å². The van der Waals surface area contributed by atoms with Crippen LogP contribution in [0, 0.1) is 0 Å². The molecule has 2 aliphatic rings. The second-order valence-electron chi connectivity index (χ2n) is 11.4. The van der Waals surface area contributed by atoms with Crippen molar-refractivity contribution in [3.8, 4) is 0 Å². The Balaban J connectivity index is 2.05. The Kier molecular flexibility index (Phi) is 11.1. The number of ether oxygens (including phenoxy) is 7. The van der Waals surface area contributed by atoms with Gasteiger partial charge in [-0.3, -0.25) is 14.4 Å². The van der Waals surface area contributed by atoms with E-state index in [1.165, 1.54) is 27.9 Å². The third-order valence-electron chi connectivity index (χ3n) is 6.70. The van der Waals surface area contributed by atoms with Crippen molar-refractivity contribution in [2.24, 2.45) is 0 Å². The fourth-order valence-corrected chi connectivity index (χ4v) is 5.55. The molecule has 0 saturated carbocycles. The average Bonchev–Trinajstić information content (AvgIpc) is 3.37. The van der Waals surface area contributed by atoms with E-state index in [4.69, 9.17) is 33.2 Å². The van der Waals surface area contributed by atoms with Gasteiger partial charge >= 0.3 is 17.9 Å². The Morgan fingerprint density at radius 1 is 1.07 bits per heavy atom. The highest BCUT2D eigenvalue weighted by molar-refractivity contribution is 6.76. The van der Waals surface area contributed by atoms with Gasteiger partial charge in [-0.05, 0) is 6.04 Å². The summed E-state index contributed by atoms with van der Waals surface area (Å²) in [5, 5.41) is 2.75. The van der Waals surface area contributed by atoms with Crippen LogP contribution in [0.1, 0.15) is 39.0 Å². The summed E-state index contributed by atoms with van der Waals surface area (Å²) < 4.78 is 41.0. The molecule has 41 heavy (non-hydrogen) atoms. The minimum absolute atomic E-state index is 0.00406. The Bertz CT molecular complexity index is 1080. The maximum atomic E-state index is 13.3. The van der Waals surface area contributed by atoms with Crippen molar-refractivity contribution < 1.29 is 52.3 Å². The van der Waals surface area contributed by atoms with Crippen molar-refractivity contribution in [2.45, 2.75) is 95.4 Å². The van der Waals surface area contributed by atoms with Crippen LogP contribution in [0.5, 0.6) is 0 Å². The van der Waals surface area contributed by atoms with Crippen molar-refractivity contribution in [3.63, 3.8) is 0 Å². The topological polar surface area (TPSA) is 145 Å². The molecule has 0 aromatic heterocycles. The number of methoxy groups -OCH3 is 1. The van der Waals surface area contributed by atoms with Crippen LogP contribution < -0.4 is 5.32 Å². The minimum Gasteiger partial charge on any atom is -0.465 e. The number of nitrogens with one attached hydrogen (secondary N) is 1.